The second-order valence-electron chi connectivity index (χ2n) is 4.51. The number of non-ortho nitro benzene ring substituents is 1. The summed E-state index contributed by atoms with van der Waals surface area (Å²) in [6.45, 7) is 2.73. The number of anilines is 1. The monoisotopic (exact) mass is 278 g/mol. The molecular formula is C12H14N4O4. The SMILES string of the molecule is O=[N+]([O-])c1cccc2oc(NCC3COCCN3)nc12. The molecule has 0 amide bonds. The van der Waals surface area contributed by atoms with E-state index in [2.05, 4.69) is 15.6 Å². The first-order chi connectivity index (χ1) is 9.74. The van der Waals surface area contributed by atoms with Gasteiger partial charge < -0.3 is 19.8 Å². The van der Waals surface area contributed by atoms with Gasteiger partial charge in [-0.3, -0.25) is 10.1 Å². The molecule has 0 aliphatic carbocycles. The molecule has 0 saturated carbocycles. The smallest absolute Gasteiger partial charge is 0.298 e. The molecule has 3 rings (SSSR count). The number of nitrogens with one attached hydrogen (secondary N) is 2. The maximum Gasteiger partial charge on any atom is 0.298 e. The first kappa shape index (κ1) is 12.8. The Labute approximate surface area is 114 Å². The number of hydrogen-bond donors (Lipinski definition) is 2. The van der Waals surface area contributed by atoms with Crippen molar-refractivity contribution >= 4 is 22.8 Å². The van der Waals surface area contributed by atoms with Crippen molar-refractivity contribution in [3.8, 4) is 0 Å². The number of nitrogens with zero attached hydrogens (tertiary/aromatic N) is 2. The predicted molar refractivity (Wildman–Crippen MR) is 71.8 cm³/mol. The number of benzene rings is 1. The number of rotatable bonds is 4. The molecule has 1 aliphatic rings. The van der Waals surface area contributed by atoms with Gasteiger partial charge in [-0.15, -0.1) is 0 Å². The molecule has 2 aromatic rings. The highest BCUT2D eigenvalue weighted by Gasteiger charge is 2.18. The number of aromatic nitrogens is 1. The average Bonchev–Trinajstić information content (AvgIpc) is 2.88. The third kappa shape index (κ3) is 2.56. The fourth-order valence-electron chi connectivity index (χ4n) is 2.12. The number of morpholine rings is 1. The Morgan fingerprint density at radius 1 is 1.55 bits per heavy atom. The van der Waals surface area contributed by atoms with Gasteiger partial charge in [-0.05, 0) is 6.07 Å². The van der Waals surface area contributed by atoms with Crippen molar-refractivity contribution in [1.29, 1.82) is 0 Å². The lowest BCUT2D eigenvalue weighted by Crippen LogP contribution is -2.45. The van der Waals surface area contributed by atoms with E-state index in [1.807, 2.05) is 0 Å². The number of hydrogen-bond acceptors (Lipinski definition) is 7. The number of para-hydroxylation sites is 1. The van der Waals surface area contributed by atoms with Crippen LogP contribution in [0, 0.1) is 10.1 Å². The zero-order valence-corrected chi connectivity index (χ0v) is 10.7. The largest absolute Gasteiger partial charge is 0.423 e. The molecule has 1 fully saturated rings. The van der Waals surface area contributed by atoms with Crippen LogP contribution in [0.4, 0.5) is 11.7 Å². The van der Waals surface area contributed by atoms with Crippen LogP contribution in [0.1, 0.15) is 0 Å². The van der Waals surface area contributed by atoms with Crippen LogP contribution in [0.5, 0.6) is 0 Å². The van der Waals surface area contributed by atoms with Crippen LogP contribution in [0.25, 0.3) is 11.1 Å². The number of oxazole rings is 1. The van der Waals surface area contributed by atoms with Crippen molar-refractivity contribution in [2.24, 2.45) is 0 Å². The summed E-state index contributed by atoms with van der Waals surface area (Å²) in [6.07, 6.45) is 0. The third-order valence-corrected chi connectivity index (χ3v) is 3.09. The molecule has 0 radical (unpaired) electrons. The topological polar surface area (TPSA) is 102 Å². The Bertz CT molecular complexity index is 621. The van der Waals surface area contributed by atoms with Crippen LogP contribution in [0.3, 0.4) is 0 Å². The lowest BCUT2D eigenvalue weighted by Gasteiger charge is -2.23. The zero-order chi connectivity index (χ0) is 13.9. The van der Waals surface area contributed by atoms with Gasteiger partial charge in [0.1, 0.15) is 0 Å². The van der Waals surface area contributed by atoms with Crippen molar-refractivity contribution in [2.45, 2.75) is 6.04 Å². The minimum Gasteiger partial charge on any atom is -0.423 e. The minimum absolute atomic E-state index is 0.0570. The van der Waals surface area contributed by atoms with Gasteiger partial charge in [-0.1, -0.05) is 6.07 Å². The maximum atomic E-state index is 10.9. The molecule has 8 heteroatoms. The molecule has 1 aliphatic heterocycles. The van der Waals surface area contributed by atoms with E-state index in [0.29, 0.717) is 25.3 Å². The van der Waals surface area contributed by atoms with E-state index in [1.165, 1.54) is 6.07 Å². The molecule has 1 unspecified atom stereocenters. The Morgan fingerprint density at radius 3 is 3.20 bits per heavy atom. The third-order valence-electron chi connectivity index (χ3n) is 3.09. The fourth-order valence-corrected chi connectivity index (χ4v) is 2.12. The van der Waals surface area contributed by atoms with E-state index in [-0.39, 0.29) is 23.3 Å². The van der Waals surface area contributed by atoms with Gasteiger partial charge in [0.05, 0.1) is 18.1 Å². The van der Waals surface area contributed by atoms with Gasteiger partial charge in [0.2, 0.25) is 0 Å². The van der Waals surface area contributed by atoms with Gasteiger partial charge in [-0.25, -0.2) is 0 Å². The Balaban J connectivity index is 1.75. The van der Waals surface area contributed by atoms with Crippen LogP contribution in [0.2, 0.25) is 0 Å². The molecule has 0 bridgehead atoms. The first-order valence-electron chi connectivity index (χ1n) is 6.33. The normalized spacial score (nSPS) is 19.1. The Hall–Kier alpha value is -2.19. The van der Waals surface area contributed by atoms with E-state index in [1.54, 1.807) is 12.1 Å². The second kappa shape index (κ2) is 5.43. The van der Waals surface area contributed by atoms with E-state index >= 15 is 0 Å². The number of ether oxygens (including phenoxy) is 1. The summed E-state index contributed by atoms with van der Waals surface area (Å²) in [6, 6.07) is 5.09. The molecule has 2 N–H and O–H groups in total. The van der Waals surface area contributed by atoms with Crippen LogP contribution in [-0.4, -0.2) is 42.3 Å². The number of nitro benzene ring substituents is 1. The molecule has 8 nitrogen and oxygen atoms in total. The summed E-state index contributed by atoms with van der Waals surface area (Å²) >= 11 is 0. The van der Waals surface area contributed by atoms with Crippen molar-refractivity contribution in [3.63, 3.8) is 0 Å². The zero-order valence-electron chi connectivity index (χ0n) is 10.7. The summed E-state index contributed by atoms with van der Waals surface area (Å²) in [5.41, 5.74) is 0.598. The van der Waals surface area contributed by atoms with Crippen LogP contribution in [-0.2, 0) is 4.74 Å². The van der Waals surface area contributed by atoms with Gasteiger partial charge in [0.25, 0.3) is 11.7 Å². The molecular weight excluding hydrogens is 264 g/mol. The molecule has 2 heterocycles. The highest BCUT2D eigenvalue weighted by molar-refractivity contribution is 5.83. The van der Waals surface area contributed by atoms with Crippen molar-refractivity contribution < 1.29 is 14.1 Å². The van der Waals surface area contributed by atoms with E-state index in [9.17, 15) is 10.1 Å². The Kier molecular flexibility index (Phi) is 3.48. The molecule has 1 atom stereocenters. The first-order valence-corrected chi connectivity index (χ1v) is 6.33. The molecule has 106 valence electrons. The number of fused-ring (bicyclic) bond motifs is 1. The number of nitro groups is 1. The van der Waals surface area contributed by atoms with Gasteiger partial charge in [0, 0.05) is 25.2 Å². The van der Waals surface area contributed by atoms with Crippen LogP contribution >= 0.6 is 0 Å². The minimum atomic E-state index is -0.467. The highest BCUT2D eigenvalue weighted by atomic mass is 16.6. The molecule has 0 spiro atoms. The van der Waals surface area contributed by atoms with Gasteiger partial charge in [-0.2, -0.15) is 4.98 Å². The van der Waals surface area contributed by atoms with Gasteiger partial charge >= 0.3 is 0 Å². The second-order valence-corrected chi connectivity index (χ2v) is 4.51. The van der Waals surface area contributed by atoms with Gasteiger partial charge in [0.15, 0.2) is 11.1 Å². The fraction of sp³-hybridized carbons (Fsp3) is 0.417. The summed E-state index contributed by atoms with van der Waals surface area (Å²) in [7, 11) is 0. The summed E-state index contributed by atoms with van der Waals surface area (Å²) in [5.74, 6) is 0. The molecule has 1 aromatic heterocycles. The van der Waals surface area contributed by atoms with E-state index in [0.717, 1.165) is 6.54 Å². The predicted octanol–water partition coefficient (Wildman–Crippen LogP) is 1.14. The van der Waals surface area contributed by atoms with Crippen molar-refractivity contribution in [2.75, 3.05) is 31.6 Å². The van der Waals surface area contributed by atoms with E-state index < -0.39 is 4.92 Å². The molecule has 20 heavy (non-hydrogen) atoms. The van der Waals surface area contributed by atoms with Crippen molar-refractivity contribution in [1.82, 2.24) is 10.3 Å². The van der Waals surface area contributed by atoms with Crippen LogP contribution < -0.4 is 10.6 Å². The highest BCUT2D eigenvalue weighted by Crippen LogP contribution is 2.27. The summed E-state index contributed by atoms with van der Waals surface area (Å²) in [4.78, 5) is 14.6. The maximum absolute atomic E-state index is 10.9. The van der Waals surface area contributed by atoms with Crippen LogP contribution in [0.15, 0.2) is 22.6 Å². The Morgan fingerprint density at radius 2 is 2.45 bits per heavy atom. The lowest BCUT2D eigenvalue weighted by molar-refractivity contribution is -0.383. The molecule has 1 saturated heterocycles. The summed E-state index contributed by atoms with van der Waals surface area (Å²) in [5, 5.41) is 17.2. The summed E-state index contributed by atoms with van der Waals surface area (Å²) < 4.78 is 10.8. The average molecular weight is 278 g/mol. The molecule has 1 aromatic carbocycles. The lowest BCUT2D eigenvalue weighted by atomic mass is 10.3. The van der Waals surface area contributed by atoms with E-state index in [4.69, 9.17) is 9.15 Å². The van der Waals surface area contributed by atoms with Crippen molar-refractivity contribution in [3.05, 3.63) is 28.3 Å². The quantitative estimate of drug-likeness (QED) is 0.638. The standard InChI is InChI=1S/C12H14N4O4/c17-16(18)9-2-1-3-10-11(9)15-12(20-10)14-6-8-7-19-5-4-13-8/h1-3,8,13H,4-7H2,(H,14,15).